The molecule has 0 amide bonds. The van der Waals surface area contributed by atoms with Gasteiger partial charge in [0.05, 0.1) is 25.0 Å². The highest BCUT2D eigenvalue weighted by molar-refractivity contribution is 6.35. The Labute approximate surface area is 109 Å². The number of ether oxygens (including phenoxy) is 1. The van der Waals surface area contributed by atoms with E-state index in [4.69, 9.17) is 22.1 Å². The van der Waals surface area contributed by atoms with E-state index in [9.17, 15) is 0 Å². The molecule has 7 nitrogen and oxygen atoms in total. The number of rotatable bonds is 5. The highest BCUT2D eigenvalue weighted by Gasteiger charge is 2.07. The lowest BCUT2D eigenvalue weighted by Gasteiger charge is -2.05. The van der Waals surface area contributed by atoms with Crippen LogP contribution >= 0.6 is 11.6 Å². The molecular formula is C10H13ClN6O. The Bertz CT molecular complexity index is 529. The largest absolute Gasteiger partial charge is 0.383 e. The molecule has 0 aliphatic rings. The number of hydrogen-bond donors (Lipinski definition) is 2. The van der Waals surface area contributed by atoms with Crippen molar-refractivity contribution in [2.24, 2.45) is 0 Å². The second-order valence-electron chi connectivity index (χ2n) is 3.53. The fourth-order valence-corrected chi connectivity index (χ4v) is 1.49. The molecule has 0 aliphatic carbocycles. The fourth-order valence-electron chi connectivity index (χ4n) is 1.34. The molecular weight excluding hydrogens is 256 g/mol. The number of hydrogen-bond acceptors (Lipinski definition) is 6. The highest BCUT2D eigenvalue weighted by atomic mass is 35.5. The molecule has 0 aromatic carbocycles. The van der Waals surface area contributed by atoms with Gasteiger partial charge in [-0.05, 0) is 0 Å². The molecule has 2 rings (SSSR count). The van der Waals surface area contributed by atoms with E-state index < -0.39 is 0 Å². The molecule has 2 aromatic heterocycles. The summed E-state index contributed by atoms with van der Waals surface area (Å²) in [5.74, 6) is 0.691. The van der Waals surface area contributed by atoms with Crippen LogP contribution in [0.25, 0.3) is 0 Å². The first kappa shape index (κ1) is 12.6. The first-order valence-corrected chi connectivity index (χ1v) is 5.63. The van der Waals surface area contributed by atoms with E-state index in [0.29, 0.717) is 24.0 Å². The van der Waals surface area contributed by atoms with Crippen LogP contribution in [0.4, 0.5) is 17.3 Å². The number of nitrogen functional groups attached to an aromatic ring is 1. The maximum atomic E-state index is 5.97. The minimum absolute atomic E-state index is 0.237. The molecule has 0 radical (unpaired) electrons. The molecule has 2 heterocycles. The van der Waals surface area contributed by atoms with E-state index in [1.54, 1.807) is 18.0 Å². The summed E-state index contributed by atoms with van der Waals surface area (Å²) in [5.41, 5.74) is 6.35. The van der Waals surface area contributed by atoms with Gasteiger partial charge in [0, 0.05) is 13.3 Å². The average Bonchev–Trinajstić information content (AvgIpc) is 2.80. The fraction of sp³-hybridized carbons (Fsp3) is 0.300. The third-order valence-electron chi connectivity index (χ3n) is 2.24. The molecule has 0 saturated heterocycles. The molecule has 0 fully saturated rings. The van der Waals surface area contributed by atoms with Gasteiger partial charge in [0.25, 0.3) is 0 Å². The lowest BCUT2D eigenvalue weighted by molar-refractivity contribution is 0.183. The van der Waals surface area contributed by atoms with Crippen LogP contribution in [-0.2, 0) is 11.3 Å². The maximum Gasteiger partial charge on any atom is 0.154 e. The summed E-state index contributed by atoms with van der Waals surface area (Å²) in [7, 11) is 1.64. The monoisotopic (exact) mass is 268 g/mol. The van der Waals surface area contributed by atoms with Crippen LogP contribution in [0.1, 0.15) is 0 Å². The molecule has 3 N–H and O–H groups in total. The summed E-state index contributed by atoms with van der Waals surface area (Å²) in [6.45, 7) is 1.28. The Morgan fingerprint density at radius 3 is 3.11 bits per heavy atom. The standard InChI is InChI=1S/C10H13ClN6O/c1-18-3-2-17-5-7(4-15-17)16-10-8(11)9(12)13-6-14-10/h4-6H,2-3H2,1H3,(H3,12,13,14,16). The molecule has 0 atom stereocenters. The van der Waals surface area contributed by atoms with Gasteiger partial charge in [-0.2, -0.15) is 5.10 Å². The van der Waals surface area contributed by atoms with Crippen LogP contribution < -0.4 is 11.1 Å². The van der Waals surface area contributed by atoms with Crippen LogP contribution in [0.15, 0.2) is 18.7 Å². The number of nitrogens with one attached hydrogen (secondary N) is 1. The highest BCUT2D eigenvalue weighted by Crippen LogP contribution is 2.25. The van der Waals surface area contributed by atoms with Crippen molar-refractivity contribution in [2.45, 2.75) is 6.54 Å². The quantitative estimate of drug-likeness (QED) is 0.849. The van der Waals surface area contributed by atoms with Gasteiger partial charge in [0.2, 0.25) is 0 Å². The molecule has 0 spiro atoms. The zero-order valence-corrected chi connectivity index (χ0v) is 10.6. The SMILES string of the molecule is COCCn1cc(Nc2ncnc(N)c2Cl)cn1. The van der Waals surface area contributed by atoms with Crippen LogP contribution in [0, 0.1) is 0 Å². The number of nitrogens with zero attached hydrogens (tertiary/aromatic N) is 4. The van der Waals surface area contributed by atoms with Gasteiger partial charge in [-0.1, -0.05) is 11.6 Å². The van der Waals surface area contributed by atoms with Gasteiger partial charge in [-0.25, -0.2) is 9.97 Å². The zero-order valence-electron chi connectivity index (χ0n) is 9.80. The van der Waals surface area contributed by atoms with E-state index in [1.807, 2.05) is 6.20 Å². The van der Waals surface area contributed by atoms with E-state index in [1.165, 1.54) is 6.33 Å². The lowest BCUT2D eigenvalue weighted by Crippen LogP contribution is -2.04. The van der Waals surface area contributed by atoms with Gasteiger partial charge in [0.1, 0.15) is 17.2 Å². The molecule has 8 heteroatoms. The zero-order chi connectivity index (χ0) is 13.0. The van der Waals surface area contributed by atoms with Crippen molar-refractivity contribution in [1.29, 1.82) is 0 Å². The van der Waals surface area contributed by atoms with Crippen LogP contribution in [0.5, 0.6) is 0 Å². The van der Waals surface area contributed by atoms with Crippen molar-refractivity contribution in [3.63, 3.8) is 0 Å². The van der Waals surface area contributed by atoms with Crippen molar-refractivity contribution < 1.29 is 4.74 Å². The average molecular weight is 269 g/mol. The van der Waals surface area contributed by atoms with Crippen molar-refractivity contribution in [3.05, 3.63) is 23.7 Å². The molecule has 0 aliphatic heterocycles. The Balaban J connectivity index is 2.09. The second kappa shape index (κ2) is 5.65. The van der Waals surface area contributed by atoms with Gasteiger partial charge in [-0.3, -0.25) is 4.68 Å². The van der Waals surface area contributed by atoms with Gasteiger partial charge in [0.15, 0.2) is 5.82 Å². The normalized spacial score (nSPS) is 10.6. The number of halogens is 1. The van der Waals surface area contributed by atoms with Crippen LogP contribution in [0.3, 0.4) is 0 Å². The first-order chi connectivity index (χ1) is 8.70. The lowest BCUT2D eigenvalue weighted by atomic mass is 10.5. The van der Waals surface area contributed by atoms with Gasteiger partial charge in [-0.15, -0.1) is 0 Å². The molecule has 18 heavy (non-hydrogen) atoms. The summed E-state index contributed by atoms with van der Waals surface area (Å²) < 4.78 is 6.72. The smallest absolute Gasteiger partial charge is 0.154 e. The molecule has 96 valence electrons. The number of anilines is 3. The second-order valence-corrected chi connectivity index (χ2v) is 3.91. The third-order valence-corrected chi connectivity index (χ3v) is 2.61. The molecule has 0 unspecified atom stereocenters. The Kier molecular flexibility index (Phi) is 3.96. The van der Waals surface area contributed by atoms with Crippen molar-refractivity contribution in [2.75, 3.05) is 24.8 Å². The number of methoxy groups -OCH3 is 1. The van der Waals surface area contributed by atoms with E-state index in [2.05, 4.69) is 20.4 Å². The topological polar surface area (TPSA) is 90.9 Å². The molecule has 2 aromatic rings. The molecule has 0 saturated carbocycles. The molecule has 0 bridgehead atoms. The predicted molar refractivity (Wildman–Crippen MR) is 68.8 cm³/mol. The van der Waals surface area contributed by atoms with Gasteiger partial charge < -0.3 is 15.8 Å². The minimum atomic E-state index is 0.237. The van der Waals surface area contributed by atoms with E-state index >= 15 is 0 Å². The third kappa shape index (κ3) is 2.88. The summed E-state index contributed by atoms with van der Waals surface area (Å²) >= 11 is 5.97. The van der Waals surface area contributed by atoms with E-state index in [-0.39, 0.29) is 5.82 Å². The van der Waals surface area contributed by atoms with E-state index in [0.717, 1.165) is 5.69 Å². The summed E-state index contributed by atoms with van der Waals surface area (Å²) in [6, 6.07) is 0. The van der Waals surface area contributed by atoms with Crippen molar-refractivity contribution in [3.8, 4) is 0 Å². The Morgan fingerprint density at radius 2 is 2.33 bits per heavy atom. The Hall–Kier alpha value is -1.86. The number of nitrogens with two attached hydrogens (primary N) is 1. The van der Waals surface area contributed by atoms with Crippen molar-refractivity contribution >= 4 is 28.9 Å². The maximum absolute atomic E-state index is 5.97. The van der Waals surface area contributed by atoms with Crippen LogP contribution in [0.2, 0.25) is 5.02 Å². The first-order valence-electron chi connectivity index (χ1n) is 5.25. The minimum Gasteiger partial charge on any atom is -0.383 e. The van der Waals surface area contributed by atoms with Crippen molar-refractivity contribution in [1.82, 2.24) is 19.7 Å². The van der Waals surface area contributed by atoms with Crippen LogP contribution in [-0.4, -0.2) is 33.5 Å². The summed E-state index contributed by atoms with van der Waals surface area (Å²) in [5, 5.41) is 7.47. The summed E-state index contributed by atoms with van der Waals surface area (Å²) in [4.78, 5) is 7.79. The predicted octanol–water partition coefficient (Wildman–Crippen LogP) is 1.30. The number of aromatic nitrogens is 4. The Morgan fingerprint density at radius 1 is 1.50 bits per heavy atom. The van der Waals surface area contributed by atoms with Gasteiger partial charge >= 0.3 is 0 Å². The summed E-state index contributed by atoms with van der Waals surface area (Å²) in [6.07, 6.45) is 4.84.